The molecule has 0 aliphatic heterocycles. The van der Waals surface area contributed by atoms with E-state index in [-0.39, 0.29) is 23.1 Å². The van der Waals surface area contributed by atoms with Gasteiger partial charge in [0, 0.05) is 17.2 Å². The number of hydrogen-bond donors (Lipinski definition) is 0. The first-order chi connectivity index (χ1) is 16.9. The third-order valence-electron chi connectivity index (χ3n) is 6.60. The number of para-hydroxylation sites is 2. The Balaban J connectivity index is 2.50. The highest BCUT2D eigenvalue weighted by molar-refractivity contribution is 5.63. The van der Waals surface area contributed by atoms with Gasteiger partial charge in [0.05, 0.1) is 43.3 Å². The second kappa shape index (κ2) is 9.62. The number of benzene rings is 2. The van der Waals surface area contributed by atoms with Gasteiger partial charge in [0.25, 0.3) is 0 Å². The SMILES string of the molecule is COc1ccccc1/C=C/[C@@]1(C(F)(F)F)[C@@H](C#N)C[C@@]1(/C(=C\C#N)C(F)(F)F)c1ccccc1OC. The van der Waals surface area contributed by atoms with E-state index in [1.165, 1.54) is 49.6 Å². The molecule has 0 radical (unpaired) electrons. The molecule has 1 saturated carbocycles. The Morgan fingerprint density at radius 2 is 1.53 bits per heavy atom. The largest absolute Gasteiger partial charge is 0.496 e. The first kappa shape index (κ1) is 26.7. The van der Waals surface area contributed by atoms with E-state index >= 15 is 13.2 Å². The maximum absolute atomic E-state index is 15.1. The average Bonchev–Trinajstić information content (AvgIpc) is 2.82. The number of ether oxygens (including phenoxy) is 2. The van der Waals surface area contributed by atoms with E-state index in [0.29, 0.717) is 6.08 Å². The quantitative estimate of drug-likeness (QED) is 0.321. The second-order valence-electron chi connectivity index (χ2n) is 8.12. The number of hydrogen-bond acceptors (Lipinski definition) is 4. The second-order valence-corrected chi connectivity index (χ2v) is 8.12. The minimum atomic E-state index is -5.34. The third kappa shape index (κ3) is 3.97. The minimum absolute atomic E-state index is 0.0808. The van der Waals surface area contributed by atoms with Crippen LogP contribution < -0.4 is 9.47 Å². The zero-order valence-corrected chi connectivity index (χ0v) is 19.1. The van der Waals surface area contributed by atoms with Crippen LogP contribution in [0.2, 0.25) is 0 Å². The topological polar surface area (TPSA) is 66.0 Å². The molecule has 1 fully saturated rings. The number of allylic oxidation sites excluding steroid dienone is 3. The van der Waals surface area contributed by atoms with Gasteiger partial charge < -0.3 is 9.47 Å². The Morgan fingerprint density at radius 1 is 0.944 bits per heavy atom. The van der Waals surface area contributed by atoms with Gasteiger partial charge in [-0.1, -0.05) is 48.6 Å². The highest BCUT2D eigenvalue weighted by atomic mass is 19.4. The van der Waals surface area contributed by atoms with E-state index in [1.807, 2.05) is 0 Å². The van der Waals surface area contributed by atoms with Crippen LogP contribution in [-0.2, 0) is 5.41 Å². The van der Waals surface area contributed by atoms with Crippen molar-refractivity contribution in [3.63, 3.8) is 0 Å². The molecule has 1 aliphatic rings. The maximum Gasteiger partial charge on any atom is 0.414 e. The predicted molar refractivity (Wildman–Crippen MR) is 119 cm³/mol. The number of nitrogens with zero attached hydrogens (tertiary/aromatic N) is 2. The molecule has 0 saturated heterocycles. The Hall–Kier alpha value is -3.92. The van der Waals surface area contributed by atoms with Gasteiger partial charge in [0.15, 0.2) is 0 Å². The lowest BCUT2D eigenvalue weighted by Crippen LogP contribution is -2.69. The molecule has 1 aliphatic carbocycles. The fourth-order valence-electron chi connectivity index (χ4n) is 5.09. The van der Waals surface area contributed by atoms with Crippen LogP contribution in [0.3, 0.4) is 0 Å². The van der Waals surface area contributed by atoms with Gasteiger partial charge in [0.1, 0.15) is 16.9 Å². The highest BCUT2D eigenvalue weighted by Gasteiger charge is 2.80. The summed E-state index contributed by atoms with van der Waals surface area (Å²) >= 11 is 0. The number of halogens is 6. The van der Waals surface area contributed by atoms with Gasteiger partial charge in [-0.15, -0.1) is 0 Å². The molecule has 3 atom stereocenters. The fraction of sp³-hybridized carbons (Fsp3) is 0.308. The van der Waals surface area contributed by atoms with Crippen molar-refractivity contribution in [3.8, 4) is 23.6 Å². The fourth-order valence-corrected chi connectivity index (χ4v) is 5.09. The molecule has 188 valence electrons. The third-order valence-corrected chi connectivity index (χ3v) is 6.60. The minimum Gasteiger partial charge on any atom is -0.496 e. The predicted octanol–water partition coefficient (Wildman–Crippen LogP) is 6.76. The number of methoxy groups -OCH3 is 2. The molecule has 0 unspecified atom stereocenters. The van der Waals surface area contributed by atoms with E-state index < -0.39 is 46.7 Å². The molecule has 0 aromatic heterocycles. The van der Waals surface area contributed by atoms with Crippen LogP contribution in [-0.4, -0.2) is 26.6 Å². The van der Waals surface area contributed by atoms with Crippen molar-refractivity contribution in [2.24, 2.45) is 11.3 Å². The smallest absolute Gasteiger partial charge is 0.414 e. The van der Waals surface area contributed by atoms with Crippen molar-refractivity contribution in [2.45, 2.75) is 24.2 Å². The Kier molecular flexibility index (Phi) is 7.13. The van der Waals surface area contributed by atoms with Crippen molar-refractivity contribution in [3.05, 3.63) is 77.4 Å². The average molecular weight is 506 g/mol. The normalized spacial score (nSPS) is 24.5. The Morgan fingerprint density at radius 3 is 2.06 bits per heavy atom. The monoisotopic (exact) mass is 506 g/mol. The molecule has 0 bridgehead atoms. The summed E-state index contributed by atoms with van der Waals surface area (Å²) in [5.74, 6) is -1.94. The number of rotatable bonds is 6. The van der Waals surface area contributed by atoms with Gasteiger partial charge in [-0.25, -0.2) is 0 Å². The molecule has 4 nitrogen and oxygen atoms in total. The summed E-state index contributed by atoms with van der Waals surface area (Å²) in [7, 11) is 2.42. The lowest BCUT2D eigenvalue weighted by molar-refractivity contribution is -0.278. The van der Waals surface area contributed by atoms with Gasteiger partial charge in [0.2, 0.25) is 0 Å². The van der Waals surface area contributed by atoms with Crippen LogP contribution >= 0.6 is 0 Å². The number of nitriles is 2. The molecular formula is C26H20F6N2O2. The van der Waals surface area contributed by atoms with Crippen molar-refractivity contribution < 1.29 is 35.8 Å². The molecule has 10 heteroatoms. The van der Waals surface area contributed by atoms with Crippen LogP contribution in [0.1, 0.15) is 17.5 Å². The molecule has 2 aromatic rings. The molecular weight excluding hydrogens is 486 g/mol. The zero-order valence-electron chi connectivity index (χ0n) is 19.1. The van der Waals surface area contributed by atoms with Crippen molar-refractivity contribution in [1.82, 2.24) is 0 Å². The van der Waals surface area contributed by atoms with Crippen LogP contribution in [0.15, 0.2) is 66.3 Å². The summed E-state index contributed by atoms with van der Waals surface area (Å²) in [6, 6.07) is 13.8. The molecule has 0 spiro atoms. The molecule has 2 aromatic carbocycles. The highest BCUT2D eigenvalue weighted by Crippen LogP contribution is 2.74. The number of alkyl halides is 6. The van der Waals surface area contributed by atoms with Crippen LogP contribution in [0.25, 0.3) is 6.08 Å². The zero-order chi connectivity index (χ0) is 26.8. The van der Waals surface area contributed by atoms with Crippen molar-refractivity contribution in [2.75, 3.05) is 14.2 Å². The first-order valence-corrected chi connectivity index (χ1v) is 10.5. The molecule has 0 N–H and O–H groups in total. The van der Waals surface area contributed by atoms with Crippen LogP contribution in [0, 0.1) is 34.0 Å². The van der Waals surface area contributed by atoms with Gasteiger partial charge >= 0.3 is 12.4 Å². The Labute approximate surface area is 203 Å². The van der Waals surface area contributed by atoms with E-state index in [2.05, 4.69) is 0 Å². The summed E-state index contributed by atoms with van der Waals surface area (Å²) in [6.07, 6.45) is -9.84. The maximum atomic E-state index is 15.1. The van der Waals surface area contributed by atoms with Gasteiger partial charge in [-0.3, -0.25) is 0 Å². The summed E-state index contributed by atoms with van der Waals surface area (Å²) in [5.41, 5.74) is -8.22. The van der Waals surface area contributed by atoms with Gasteiger partial charge in [-0.2, -0.15) is 36.9 Å². The molecule has 0 heterocycles. The van der Waals surface area contributed by atoms with Gasteiger partial charge in [-0.05, 0) is 18.6 Å². The van der Waals surface area contributed by atoms with E-state index in [4.69, 9.17) is 9.47 Å². The Bertz CT molecular complexity index is 1270. The van der Waals surface area contributed by atoms with Crippen LogP contribution in [0.4, 0.5) is 26.3 Å². The lowest BCUT2D eigenvalue weighted by Gasteiger charge is -2.62. The molecule has 3 rings (SSSR count). The molecule has 0 amide bonds. The summed E-state index contributed by atoms with van der Waals surface area (Å²) in [5, 5.41) is 18.9. The van der Waals surface area contributed by atoms with Crippen LogP contribution in [0.5, 0.6) is 11.5 Å². The lowest BCUT2D eigenvalue weighted by atomic mass is 9.38. The van der Waals surface area contributed by atoms with Crippen molar-refractivity contribution in [1.29, 1.82) is 10.5 Å². The van der Waals surface area contributed by atoms with E-state index in [1.54, 1.807) is 12.1 Å². The standard InChI is InChI=1S/C26H20F6N2O2/c1-35-20-9-5-3-7-17(20)11-13-24(26(30,31)32)18(16-34)15-23(24,22(12-14-33)25(27,28)29)19-8-4-6-10-21(19)36-2/h3-13,18H,15H2,1-2H3/b13-11+,22-12+/t18-,23+,24-/m1/s1. The summed E-state index contributed by atoms with van der Waals surface area (Å²) in [4.78, 5) is 0. The summed E-state index contributed by atoms with van der Waals surface area (Å²) in [6.45, 7) is 0. The van der Waals surface area contributed by atoms with E-state index in [9.17, 15) is 23.7 Å². The van der Waals surface area contributed by atoms with Crippen molar-refractivity contribution >= 4 is 6.08 Å². The summed E-state index contributed by atoms with van der Waals surface area (Å²) < 4.78 is 99.0. The first-order valence-electron chi connectivity index (χ1n) is 10.5. The van der Waals surface area contributed by atoms with E-state index in [0.717, 1.165) is 19.3 Å². The molecule has 36 heavy (non-hydrogen) atoms.